The van der Waals surface area contributed by atoms with Crippen LogP contribution in [0.15, 0.2) is 78.9 Å². The highest BCUT2D eigenvalue weighted by Crippen LogP contribution is 2.30. The van der Waals surface area contributed by atoms with E-state index < -0.39 is 6.03 Å². The Morgan fingerprint density at radius 3 is 2.35 bits per heavy atom. The molecule has 1 fully saturated rings. The number of carbonyl (C=O) groups is 1. The summed E-state index contributed by atoms with van der Waals surface area (Å²) in [6.07, 6.45) is 0. The lowest BCUT2D eigenvalue weighted by atomic mass is 9.96. The molecule has 0 saturated carbocycles. The van der Waals surface area contributed by atoms with Gasteiger partial charge in [0.15, 0.2) is 0 Å². The molecule has 2 amide bonds. The highest BCUT2D eigenvalue weighted by atomic mass is 35.5. The highest BCUT2D eigenvalue weighted by molar-refractivity contribution is 6.30. The molecule has 0 aliphatic carbocycles. The monoisotopic (exact) mass is 524 g/mol. The van der Waals surface area contributed by atoms with Crippen LogP contribution in [0.4, 0.5) is 4.79 Å². The first-order chi connectivity index (χ1) is 17.5. The zero-order chi connectivity index (χ0) is 25.3. The lowest BCUT2D eigenvalue weighted by Crippen LogP contribution is -2.48. The van der Waals surface area contributed by atoms with Gasteiger partial charge in [-0.1, -0.05) is 73.6 Å². The Balaban J connectivity index is 0.00000380. The average Bonchev–Trinajstić information content (AvgIpc) is 2.90. The predicted molar refractivity (Wildman–Crippen MR) is 148 cm³/mol. The summed E-state index contributed by atoms with van der Waals surface area (Å²) in [5.74, 6) is 0.768. The van der Waals surface area contributed by atoms with E-state index in [4.69, 9.17) is 21.5 Å². The van der Waals surface area contributed by atoms with Crippen molar-refractivity contribution in [3.63, 3.8) is 0 Å². The second-order valence-corrected chi connectivity index (χ2v) is 9.36. The van der Waals surface area contributed by atoms with E-state index in [1.165, 1.54) is 18.2 Å². The Kier molecular flexibility index (Phi) is 10.8. The van der Waals surface area contributed by atoms with Crippen LogP contribution in [0.2, 0.25) is 5.02 Å². The molecule has 0 bridgehead atoms. The van der Waals surface area contributed by atoms with Crippen LogP contribution in [-0.4, -0.2) is 72.5 Å². The Morgan fingerprint density at radius 1 is 1.00 bits per heavy atom. The van der Waals surface area contributed by atoms with Crippen LogP contribution in [0.3, 0.4) is 0 Å². The van der Waals surface area contributed by atoms with Gasteiger partial charge in [0.25, 0.3) is 0 Å². The van der Waals surface area contributed by atoms with Crippen LogP contribution >= 0.6 is 11.6 Å². The third-order valence-electron chi connectivity index (χ3n) is 6.39. The van der Waals surface area contributed by atoms with Crippen molar-refractivity contribution in [2.45, 2.75) is 20.0 Å². The first-order valence-corrected chi connectivity index (χ1v) is 12.6. The average molecular weight is 525 g/mol. The molecule has 1 aliphatic rings. The maximum Gasteiger partial charge on any atom is 0.341 e. The fraction of sp³-hybridized carbons (Fsp3) is 0.345. The molecule has 3 aromatic carbocycles. The number of halogens is 1. The standard InChI is InChI=1S/C28H33ClN4O3.CH4/c1-31(35)28(34)30-21-22-6-5-9-26(20-22)36-19-18-32-14-16-33(17-15-32)27(23-7-3-2-4-8-23)24-10-12-25(29)13-11-24;/h2-13,20,27,35H,14-19,21H2,1H3,(H,30,34);1H4/t27-;/m1./s1. The number of benzene rings is 3. The van der Waals surface area contributed by atoms with Crippen LogP contribution < -0.4 is 10.1 Å². The van der Waals surface area contributed by atoms with Crippen LogP contribution in [0.1, 0.15) is 30.2 Å². The molecule has 1 atom stereocenters. The number of hydrogen-bond acceptors (Lipinski definition) is 5. The molecule has 198 valence electrons. The SMILES string of the molecule is C.CN(O)C(=O)NCc1cccc(OCCN2CCN([C@H](c3ccccc3)c3ccc(Cl)cc3)CC2)c1. The second-order valence-electron chi connectivity index (χ2n) is 8.92. The van der Waals surface area contributed by atoms with Crippen molar-refractivity contribution in [2.24, 2.45) is 0 Å². The lowest BCUT2D eigenvalue weighted by molar-refractivity contribution is -0.0184. The number of hydrogen-bond donors (Lipinski definition) is 2. The number of nitrogens with one attached hydrogen (secondary N) is 1. The number of amides is 2. The van der Waals surface area contributed by atoms with Gasteiger partial charge in [-0.15, -0.1) is 0 Å². The van der Waals surface area contributed by atoms with Crippen molar-refractivity contribution in [3.05, 3.63) is 101 Å². The summed E-state index contributed by atoms with van der Waals surface area (Å²) >= 11 is 6.15. The Morgan fingerprint density at radius 2 is 1.68 bits per heavy atom. The van der Waals surface area contributed by atoms with Crippen molar-refractivity contribution >= 4 is 17.6 Å². The van der Waals surface area contributed by atoms with Crippen molar-refractivity contribution in [2.75, 3.05) is 46.4 Å². The second kappa shape index (κ2) is 14.0. The van der Waals surface area contributed by atoms with Crippen LogP contribution in [0.5, 0.6) is 5.75 Å². The fourth-order valence-electron chi connectivity index (χ4n) is 4.47. The molecule has 1 aliphatic heterocycles. The van der Waals surface area contributed by atoms with E-state index in [1.807, 2.05) is 36.4 Å². The maximum atomic E-state index is 11.5. The molecular weight excluding hydrogens is 488 g/mol. The molecule has 0 spiro atoms. The molecule has 0 radical (unpaired) electrons. The minimum Gasteiger partial charge on any atom is -0.492 e. The summed E-state index contributed by atoms with van der Waals surface area (Å²) in [5, 5.41) is 13.1. The molecular formula is C29H37ClN4O3. The number of rotatable bonds is 9. The molecule has 1 saturated heterocycles. The van der Waals surface area contributed by atoms with Crippen molar-refractivity contribution in [1.29, 1.82) is 0 Å². The third-order valence-corrected chi connectivity index (χ3v) is 6.64. The largest absolute Gasteiger partial charge is 0.492 e. The first-order valence-electron chi connectivity index (χ1n) is 12.2. The highest BCUT2D eigenvalue weighted by Gasteiger charge is 2.26. The molecule has 7 nitrogen and oxygen atoms in total. The molecule has 0 aromatic heterocycles. The van der Waals surface area contributed by atoms with E-state index in [2.05, 4.69) is 57.6 Å². The molecule has 4 rings (SSSR count). The van der Waals surface area contributed by atoms with Gasteiger partial charge < -0.3 is 10.1 Å². The minimum absolute atomic E-state index is 0. The normalized spacial score (nSPS) is 14.9. The van der Waals surface area contributed by atoms with Gasteiger partial charge in [-0.05, 0) is 41.0 Å². The summed E-state index contributed by atoms with van der Waals surface area (Å²) in [6.45, 7) is 5.64. The van der Waals surface area contributed by atoms with Gasteiger partial charge in [0.1, 0.15) is 12.4 Å². The van der Waals surface area contributed by atoms with Gasteiger partial charge in [0.05, 0.1) is 6.04 Å². The molecule has 0 unspecified atom stereocenters. The number of ether oxygens (including phenoxy) is 1. The zero-order valence-corrected chi connectivity index (χ0v) is 21.3. The van der Waals surface area contributed by atoms with Gasteiger partial charge in [-0.3, -0.25) is 15.0 Å². The topological polar surface area (TPSA) is 68.3 Å². The third kappa shape index (κ3) is 8.20. The van der Waals surface area contributed by atoms with E-state index in [9.17, 15) is 4.79 Å². The predicted octanol–water partition coefficient (Wildman–Crippen LogP) is 5.29. The Hall–Kier alpha value is -3.10. The Bertz CT molecular complexity index is 1100. The molecule has 37 heavy (non-hydrogen) atoms. The first kappa shape index (κ1) is 28.5. The van der Waals surface area contributed by atoms with Crippen LogP contribution in [0, 0.1) is 0 Å². The Labute approximate surface area is 225 Å². The van der Waals surface area contributed by atoms with E-state index >= 15 is 0 Å². The van der Waals surface area contributed by atoms with Crippen molar-refractivity contribution < 1.29 is 14.7 Å². The van der Waals surface area contributed by atoms with Crippen LogP contribution in [0.25, 0.3) is 0 Å². The summed E-state index contributed by atoms with van der Waals surface area (Å²) < 4.78 is 5.99. The van der Waals surface area contributed by atoms with Gasteiger partial charge in [-0.2, -0.15) is 0 Å². The van der Waals surface area contributed by atoms with Crippen molar-refractivity contribution in [3.8, 4) is 5.75 Å². The summed E-state index contributed by atoms with van der Waals surface area (Å²) in [7, 11) is 1.29. The summed E-state index contributed by atoms with van der Waals surface area (Å²) in [6, 6.07) is 26.1. The van der Waals surface area contributed by atoms with Crippen molar-refractivity contribution in [1.82, 2.24) is 20.2 Å². The molecule has 1 heterocycles. The van der Waals surface area contributed by atoms with E-state index in [-0.39, 0.29) is 13.5 Å². The minimum atomic E-state index is -0.550. The number of nitrogens with zero attached hydrogens (tertiary/aromatic N) is 3. The zero-order valence-electron chi connectivity index (χ0n) is 20.5. The number of hydroxylamine groups is 2. The van der Waals surface area contributed by atoms with Crippen LogP contribution in [-0.2, 0) is 6.54 Å². The number of piperazine rings is 1. The lowest BCUT2D eigenvalue weighted by Gasteiger charge is -2.39. The summed E-state index contributed by atoms with van der Waals surface area (Å²) in [4.78, 5) is 16.5. The quantitative estimate of drug-likeness (QED) is 0.294. The van der Waals surface area contributed by atoms with E-state index in [0.717, 1.165) is 49.1 Å². The number of urea groups is 1. The summed E-state index contributed by atoms with van der Waals surface area (Å²) in [5.41, 5.74) is 3.45. The van der Waals surface area contributed by atoms with Gasteiger partial charge in [0.2, 0.25) is 0 Å². The van der Waals surface area contributed by atoms with Gasteiger partial charge >= 0.3 is 6.03 Å². The van der Waals surface area contributed by atoms with Gasteiger partial charge in [0, 0.05) is 51.3 Å². The molecule has 3 aromatic rings. The fourth-order valence-corrected chi connectivity index (χ4v) is 4.60. The van der Waals surface area contributed by atoms with E-state index in [1.54, 1.807) is 0 Å². The smallest absolute Gasteiger partial charge is 0.341 e. The maximum absolute atomic E-state index is 11.5. The molecule has 8 heteroatoms. The molecule has 2 N–H and O–H groups in total. The van der Waals surface area contributed by atoms with E-state index in [0.29, 0.717) is 18.2 Å². The van der Waals surface area contributed by atoms with Gasteiger partial charge in [-0.25, -0.2) is 9.86 Å². The number of carbonyl (C=O) groups excluding carboxylic acids is 1.